The van der Waals surface area contributed by atoms with Crippen molar-refractivity contribution in [2.24, 2.45) is 0 Å². The average Bonchev–Trinajstić information content (AvgIpc) is 2.26. The molecule has 0 amide bonds. The molecule has 0 bridgehead atoms. The lowest BCUT2D eigenvalue weighted by atomic mass is 9.88. The van der Waals surface area contributed by atoms with E-state index in [0.29, 0.717) is 5.56 Å². The van der Waals surface area contributed by atoms with Gasteiger partial charge in [-0.15, -0.1) is 0 Å². The Morgan fingerprint density at radius 2 is 1.82 bits per heavy atom. The van der Waals surface area contributed by atoms with E-state index in [2.05, 4.69) is 0 Å². The molecule has 17 heavy (non-hydrogen) atoms. The molecule has 1 unspecified atom stereocenters. The maximum absolute atomic E-state index is 13.2. The van der Waals surface area contributed by atoms with Crippen molar-refractivity contribution in [2.75, 3.05) is 7.11 Å². The van der Waals surface area contributed by atoms with Gasteiger partial charge in [0, 0.05) is 12.0 Å². The van der Waals surface area contributed by atoms with Gasteiger partial charge in [0.25, 0.3) is 0 Å². The maximum atomic E-state index is 13.2. The standard InChI is InChI=1S/C14H14F2O/c1-9-3-10(7-14(4-9)17-2)11-5-12(15)8-13(16)6-11/h4-8,10H,3H2,1-2H3. The van der Waals surface area contributed by atoms with Crippen LogP contribution in [0.5, 0.6) is 0 Å². The number of allylic oxidation sites excluding steroid dienone is 3. The van der Waals surface area contributed by atoms with Crippen molar-refractivity contribution in [3.8, 4) is 0 Å². The molecule has 1 aliphatic carbocycles. The van der Waals surface area contributed by atoms with Crippen LogP contribution in [0.4, 0.5) is 8.78 Å². The number of halogens is 2. The number of hydrogen-bond donors (Lipinski definition) is 0. The molecule has 0 heterocycles. The highest BCUT2D eigenvalue weighted by Crippen LogP contribution is 2.31. The first-order valence-corrected chi connectivity index (χ1v) is 5.47. The highest BCUT2D eigenvalue weighted by atomic mass is 19.1. The van der Waals surface area contributed by atoms with Gasteiger partial charge in [-0.1, -0.05) is 5.57 Å². The second-order valence-electron chi connectivity index (χ2n) is 4.28. The molecule has 2 rings (SSSR count). The summed E-state index contributed by atoms with van der Waals surface area (Å²) in [5.41, 5.74) is 1.78. The van der Waals surface area contributed by atoms with E-state index in [1.165, 1.54) is 12.1 Å². The van der Waals surface area contributed by atoms with Crippen molar-refractivity contribution in [3.63, 3.8) is 0 Å². The highest BCUT2D eigenvalue weighted by molar-refractivity contribution is 5.34. The van der Waals surface area contributed by atoms with Gasteiger partial charge in [0.2, 0.25) is 0 Å². The van der Waals surface area contributed by atoms with Crippen molar-refractivity contribution < 1.29 is 13.5 Å². The second-order valence-corrected chi connectivity index (χ2v) is 4.28. The SMILES string of the molecule is COC1=CC(c2cc(F)cc(F)c2)CC(C)=C1. The zero-order valence-corrected chi connectivity index (χ0v) is 9.84. The van der Waals surface area contributed by atoms with E-state index in [-0.39, 0.29) is 5.92 Å². The molecule has 1 nitrogen and oxygen atoms in total. The van der Waals surface area contributed by atoms with Gasteiger partial charge in [0.15, 0.2) is 0 Å². The zero-order chi connectivity index (χ0) is 12.4. The Kier molecular flexibility index (Phi) is 3.27. The Hall–Kier alpha value is -1.64. The highest BCUT2D eigenvalue weighted by Gasteiger charge is 2.17. The van der Waals surface area contributed by atoms with E-state index < -0.39 is 11.6 Å². The van der Waals surface area contributed by atoms with Gasteiger partial charge in [0.1, 0.15) is 17.4 Å². The largest absolute Gasteiger partial charge is 0.497 e. The van der Waals surface area contributed by atoms with E-state index in [4.69, 9.17) is 4.74 Å². The van der Waals surface area contributed by atoms with Crippen LogP contribution in [0.1, 0.15) is 24.8 Å². The summed E-state index contributed by atoms with van der Waals surface area (Å²) < 4.78 is 31.5. The van der Waals surface area contributed by atoms with Crippen molar-refractivity contribution in [3.05, 3.63) is 58.9 Å². The van der Waals surface area contributed by atoms with Crippen LogP contribution in [0.15, 0.2) is 41.7 Å². The van der Waals surface area contributed by atoms with E-state index in [1.807, 2.05) is 19.1 Å². The van der Waals surface area contributed by atoms with E-state index in [9.17, 15) is 8.78 Å². The zero-order valence-electron chi connectivity index (χ0n) is 9.84. The van der Waals surface area contributed by atoms with E-state index in [1.54, 1.807) is 7.11 Å². The first-order valence-electron chi connectivity index (χ1n) is 5.47. The Morgan fingerprint density at radius 3 is 2.41 bits per heavy atom. The topological polar surface area (TPSA) is 9.23 Å². The van der Waals surface area contributed by atoms with Crippen LogP contribution >= 0.6 is 0 Å². The van der Waals surface area contributed by atoms with Crippen LogP contribution in [0, 0.1) is 11.6 Å². The van der Waals surface area contributed by atoms with Crippen molar-refractivity contribution in [1.29, 1.82) is 0 Å². The maximum Gasteiger partial charge on any atom is 0.126 e. The van der Waals surface area contributed by atoms with Gasteiger partial charge < -0.3 is 4.74 Å². The number of hydrogen-bond acceptors (Lipinski definition) is 1. The lowest BCUT2D eigenvalue weighted by Gasteiger charge is -2.20. The Balaban J connectivity index is 2.35. The van der Waals surface area contributed by atoms with Gasteiger partial charge in [-0.3, -0.25) is 0 Å². The van der Waals surface area contributed by atoms with Crippen molar-refractivity contribution in [2.45, 2.75) is 19.3 Å². The normalized spacial score (nSPS) is 19.6. The summed E-state index contributed by atoms with van der Waals surface area (Å²) in [6.07, 6.45) is 4.59. The van der Waals surface area contributed by atoms with E-state index >= 15 is 0 Å². The van der Waals surface area contributed by atoms with Gasteiger partial charge in [-0.25, -0.2) is 8.78 Å². The van der Waals surface area contributed by atoms with Crippen LogP contribution in [-0.2, 0) is 4.74 Å². The number of methoxy groups -OCH3 is 1. The summed E-state index contributed by atoms with van der Waals surface area (Å²) in [4.78, 5) is 0. The monoisotopic (exact) mass is 236 g/mol. The van der Waals surface area contributed by atoms with Gasteiger partial charge in [-0.2, -0.15) is 0 Å². The average molecular weight is 236 g/mol. The smallest absolute Gasteiger partial charge is 0.126 e. The van der Waals surface area contributed by atoms with Crippen molar-refractivity contribution in [1.82, 2.24) is 0 Å². The number of benzene rings is 1. The Labute approximate surface area is 99.4 Å². The molecule has 0 saturated heterocycles. The number of rotatable bonds is 2. The van der Waals surface area contributed by atoms with Crippen LogP contribution in [0.2, 0.25) is 0 Å². The summed E-state index contributed by atoms with van der Waals surface area (Å²) >= 11 is 0. The summed E-state index contributed by atoms with van der Waals surface area (Å²) in [5, 5.41) is 0. The molecule has 1 aromatic carbocycles. The van der Waals surface area contributed by atoms with Gasteiger partial charge >= 0.3 is 0 Å². The predicted octanol–water partition coefficient (Wildman–Crippen LogP) is 3.93. The quantitative estimate of drug-likeness (QED) is 0.756. The molecule has 0 spiro atoms. The third-order valence-electron chi connectivity index (χ3n) is 2.84. The van der Waals surface area contributed by atoms with Gasteiger partial charge in [0.05, 0.1) is 7.11 Å². The fourth-order valence-electron chi connectivity index (χ4n) is 2.08. The number of ether oxygens (including phenoxy) is 1. The Bertz CT molecular complexity index is 469. The summed E-state index contributed by atoms with van der Waals surface area (Å²) in [5.74, 6) is -0.372. The molecular formula is C14H14F2O. The summed E-state index contributed by atoms with van der Waals surface area (Å²) in [6, 6.07) is 3.63. The van der Waals surface area contributed by atoms with E-state index in [0.717, 1.165) is 23.8 Å². The summed E-state index contributed by atoms with van der Waals surface area (Å²) in [7, 11) is 1.59. The molecule has 0 radical (unpaired) electrons. The van der Waals surface area contributed by atoms with Gasteiger partial charge in [-0.05, 0) is 43.2 Å². The Morgan fingerprint density at radius 1 is 1.18 bits per heavy atom. The third-order valence-corrected chi connectivity index (χ3v) is 2.84. The molecule has 0 saturated carbocycles. The minimum Gasteiger partial charge on any atom is -0.497 e. The third kappa shape index (κ3) is 2.73. The second kappa shape index (κ2) is 4.70. The molecule has 1 aliphatic rings. The van der Waals surface area contributed by atoms with Crippen molar-refractivity contribution >= 4 is 0 Å². The van der Waals surface area contributed by atoms with Crippen LogP contribution in [-0.4, -0.2) is 7.11 Å². The lowest BCUT2D eigenvalue weighted by Crippen LogP contribution is -2.04. The molecular weight excluding hydrogens is 222 g/mol. The fourth-order valence-corrected chi connectivity index (χ4v) is 2.08. The molecule has 0 aromatic heterocycles. The molecule has 0 N–H and O–H groups in total. The first kappa shape index (κ1) is 11.8. The molecule has 0 fully saturated rings. The minimum absolute atomic E-state index is 0.0276. The lowest BCUT2D eigenvalue weighted by molar-refractivity contribution is 0.301. The summed E-state index contributed by atoms with van der Waals surface area (Å²) in [6.45, 7) is 1.98. The van der Waals surface area contributed by atoms with Crippen LogP contribution in [0.3, 0.4) is 0 Å². The minimum atomic E-state index is -0.542. The van der Waals surface area contributed by atoms with Crippen LogP contribution in [0.25, 0.3) is 0 Å². The molecule has 0 aliphatic heterocycles. The fraction of sp³-hybridized carbons (Fsp3) is 0.286. The molecule has 3 heteroatoms. The molecule has 1 atom stereocenters. The first-order chi connectivity index (χ1) is 8.08. The molecule has 90 valence electrons. The van der Waals surface area contributed by atoms with Crippen LogP contribution < -0.4 is 0 Å². The molecule has 1 aromatic rings. The predicted molar refractivity (Wildman–Crippen MR) is 62.6 cm³/mol.